The van der Waals surface area contributed by atoms with Crippen molar-refractivity contribution in [3.63, 3.8) is 0 Å². The van der Waals surface area contributed by atoms with Crippen LogP contribution in [0.4, 0.5) is 0 Å². The van der Waals surface area contributed by atoms with Gasteiger partial charge in [0.25, 0.3) is 0 Å². The van der Waals surface area contributed by atoms with Crippen LogP contribution in [0.3, 0.4) is 0 Å². The minimum atomic E-state index is -1.18. The van der Waals surface area contributed by atoms with E-state index in [1.54, 1.807) is 30.3 Å². The number of fused-ring (bicyclic) bond motifs is 1. The van der Waals surface area contributed by atoms with Crippen molar-refractivity contribution >= 4 is 23.8 Å². The lowest BCUT2D eigenvalue weighted by Gasteiger charge is -2.31. The molecule has 0 saturated carbocycles. The molecule has 0 fully saturated rings. The summed E-state index contributed by atoms with van der Waals surface area (Å²) >= 11 is 6.03. The summed E-state index contributed by atoms with van der Waals surface area (Å²) in [5.74, 6) is 1.84. The van der Waals surface area contributed by atoms with Gasteiger partial charge in [-0.2, -0.15) is 5.10 Å². The van der Waals surface area contributed by atoms with Crippen LogP contribution in [-0.2, 0) is 12.1 Å². The zero-order chi connectivity index (χ0) is 23.0. The van der Waals surface area contributed by atoms with Crippen molar-refractivity contribution in [1.29, 1.82) is 0 Å². The molecule has 168 valence electrons. The molecule has 7 nitrogen and oxygen atoms in total. The number of nitrogens with zero attached hydrogens (tertiary/aromatic N) is 5. The van der Waals surface area contributed by atoms with Gasteiger partial charge in [-0.05, 0) is 61.2 Å². The molecule has 0 saturated heterocycles. The van der Waals surface area contributed by atoms with Gasteiger partial charge in [0.1, 0.15) is 11.4 Å². The van der Waals surface area contributed by atoms with Crippen LogP contribution in [-0.4, -0.2) is 36.5 Å². The first-order valence-corrected chi connectivity index (χ1v) is 11.1. The summed E-state index contributed by atoms with van der Waals surface area (Å²) in [5.41, 5.74) is 2.39. The van der Waals surface area contributed by atoms with Gasteiger partial charge in [0.05, 0.1) is 24.8 Å². The number of aromatic nitrogens is 5. The van der Waals surface area contributed by atoms with Gasteiger partial charge in [0.15, 0.2) is 11.6 Å². The highest BCUT2D eigenvalue weighted by atomic mass is 35.5. The number of hydrogen-bond donors (Lipinski definition) is 1. The van der Waals surface area contributed by atoms with Crippen molar-refractivity contribution in [1.82, 2.24) is 24.3 Å². The summed E-state index contributed by atoms with van der Waals surface area (Å²) in [6, 6.07) is 13.2. The third-order valence-electron chi connectivity index (χ3n) is 5.91. The Morgan fingerprint density at radius 1 is 1.15 bits per heavy atom. The minimum Gasteiger partial charge on any atom is -0.495 e. The Balaban J connectivity index is 1.43. The molecule has 0 spiro atoms. The predicted molar refractivity (Wildman–Crippen MR) is 127 cm³/mol. The van der Waals surface area contributed by atoms with Crippen molar-refractivity contribution in [3.8, 4) is 11.4 Å². The molecule has 33 heavy (non-hydrogen) atoms. The van der Waals surface area contributed by atoms with Crippen LogP contribution in [0.15, 0.2) is 55.0 Å². The van der Waals surface area contributed by atoms with E-state index in [0.29, 0.717) is 23.1 Å². The molecule has 1 atom stereocenters. The minimum absolute atomic E-state index is 0.549. The topological polar surface area (TPSA) is 78.0 Å². The first-order valence-electron chi connectivity index (χ1n) is 10.8. The van der Waals surface area contributed by atoms with Gasteiger partial charge in [-0.3, -0.25) is 0 Å². The molecule has 1 N–H and O–H groups in total. The van der Waals surface area contributed by atoms with Gasteiger partial charge in [-0.25, -0.2) is 14.6 Å². The second kappa shape index (κ2) is 8.50. The molecule has 1 aliphatic rings. The first kappa shape index (κ1) is 21.4. The molecule has 0 amide bonds. The lowest BCUT2D eigenvalue weighted by molar-refractivity contribution is 0.0395. The van der Waals surface area contributed by atoms with Gasteiger partial charge in [0, 0.05) is 17.8 Å². The highest BCUT2D eigenvalue weighted by Crippen LogP contribution is 2.37. The quantitative estimate of drug-likeness (QED) is 0.468. The highest BCUT2D eigenvalue weighted by molar-refractivity contribution is 6.30. The van der Waals surface area contributed by atoms with E-state index in [-0.39, 0.29) is 0 Å². The summed E-state index contributed by atoms with van der Waals surface area (Å²) in [7, 11) is 1.65. The van der Waals surface area contributed by atoms with E-state index in [0.717, 1.165) is 41.2 Å². The third-order valence-corrected chi connectivity index (χ3v) is 6.16. The molecule has 1 aliphatic heterocycles. The molecule has 0 unspecified atom stereocenters. The standard InChI is InChI=1S/C25H24ClN5O2/c1-17-15-30(16-27-17)21-10-4-18(14-22(21)33-2)5-11-23-28-24-25(32,12-3-13-31(24)29-23)19-6-8-20(26)9-7-19/h4-11,14-16,32H,3,12-13H2,1-2H3/b11-5+/t25-/m0/s1. The Hall–Kier alpha value is -3.42. The molecule has 8 heteroatoms. The fourth-order valence-corrected chi connectivity index (χ4v) is 4.35. The van der Waals surface area contributed by atoms with E-state index < -0.39 is 5.60 Å². The average Bonchev–Trinajstić information content (AvgIpc) is 3.45. The fraction of sp³-hybridized carbons (Fsp3) is 0.240. The lowest BCUT2D eigenvalue weighted by atomic mass is 9.86. The van der Waals surface area contributed by atoms with Crippen molar-refractivity contribution in [3.05, 3.63) is 88.5 Å². The SMILES string of the molecule is COc1cc(/C=C/c2nc3n(n2)CCC[C@]3(O)c2ccc(Cl)cc2)ccc1-n1cnc(C)c1. The number of methoxy groups -OCH3 is 1. The highest BCUT2D eigenvalue weighted by Gasteiger charge is 2.39. The van der Waals surface area contributed by atoms with Gasteiger partial charge >= 0.3 is 0 Å². The van der Waals surface area contributed by atoms with Crippen LogP contribution in [0.25, 0.3) is 17.8 Å². The van der Waals surface area contributed by atoms with E-state index in [2.05, 4.69) is 15.1 Å². The number of aliphatic hydroxyl groups is 1. The van der Waals surface area contributed by atoms with Gasteiger partial charge < -0.3 is 14.4 Å². The molecule has 5 rings (SSSR count). The zero-order valence-electron chi connectivity index (χ0n) is 18.4. The number of imidazole rings is 1. The van der Waals surface area contributed by atoms with Crippen molar-refractivity contribution in [2.45, 2.75) is 31.9 Å². The Kier molecular flexibility index (Phi) is 5.52. The Bertz CT molecular complexity index is 1330. The molecule has 0 aliphatic carbocycles. The molecule has 0 radical (unpaired) electrons. The Morgan fingerprint density at radius 2 is 1.97 bits per heavy atom. The Labute approximate surface area is 197 Å². The average molecular weight is 462 g/mol. The van der Waals surface area contributed by atoms with Crippen LogP contribution >= 0.6 is 11.6 Å². The normalized spacial score (nSPS) is 17.9. The molecule has 0 bridgehead atoms. The maximum atomic E-state index is 11.5. The Morgan fingerprint density at radius 3 is 2.70 bits per heavy atom. The molecule has 4 aromatic rings. The first-order chi connectivity index (χ1) is 16.0. The van der Waals surface area contributed by atoms with Gasteiger partial charge in [-0.15, -0.1) is 0 Å². The smallest absolute Gasteiger partial charge is 0.174 e. The number of aryl methyl sites for hydroxylation is 2. The molecular weight excluding hydrogens is 438 g/mol. The molecule has 2 aromatic heterocycles. The van der Waals surface area contributed by atoms with Crippen molar-refractivity contribution in [2.75, 3.05) is 7.11 Å². The molecule has 2 aromatic carbocycles. The van der Waals surface area contributed by atoms with Crippen molar-refractivity contribution < 1.29 is 9.84 Å². The van der Waals surface area contributed by atoms with Gasteiger partial charge in [0.2, 0.25) is 0 Å². The van der Waals surface area contributed by atoms with Crippen LogP contribution in [0.5, 0.6) is 5.75 Å². The summed E-state index contributed by atoms with van der Waals surface area (Å²) in [6.45, 7) is 2.67. The van der Waals surface area contributed by atoms with E-state index in [1.165, 1.54) is 0 Å². The number of ether oxygens (including phenoxy) is 1. The lowest BCUT2D eigenvalue weighted by Crippen LogP contribution is -2.35. The number of benzene rings is 2. The van der Waals surface area contributed by atoms with E-state index in [9.17, 15) is 5.11 Å². The van der Waals surface area contributed by atoms with Crippen LogP contribution in [0.2, 0.25) is 5.02 Å². The summed E-state index contributed by atoms with van der Waals surface area (Å²) in [6.07, 6.45) is 8.91. The summed E-state index contributed by atoms with van der Waals surface area (Å²) in [5, 5.41) is 16.7. The monoisotopic (exact) mass is 461 g/mol. The maximum absolute atomic E-state index is 11.5. The molecular formula is C25H24ClN5O2. The number of rotatable bonds is 5. The third kappa shape index (κ3) is 4.05. The van der Waals surface area contributed by atoms with E-state index in [1.807, 2.05) is 60.2 Å². The predicted octanol–water partition coefficient (Wildman–Crippen LogP) is 4.63. The second-order valence-corrected chi connectivity index (χ2v) is 8.61. The molecule has 3 heterocycles. The summed E-state index contributed by atoms with van der Waals surface area (Å²) < 4.78 is 9.32. The van der Waals surface area contributed by atoms with E-state index >= 15 is 0 Å². The van der Waals surface area contributed by atoms with Crippen LogP contribution < -0.4 is 4.74 Å². The fourth-order valence-electron chi connectivity index (χ4n) is 4.22. The summed E-state index contributed by atoms with van der Waals surface area (Å²) in [4.78, 5) is 8.95. The largest absolute Gasteiger partial charge is 0.495 e. The van der Waals surface area contributed by atoms with Gasteiger partial charge in [-0.1, -0.05) is 35.9 Å². The van der Waals surface area contributed by atoms with Crippen molar-refractivity contribution in [2.24, 2.45) is 0 Å². The van der Waals surface area contributed by atoms with Crippen LogP contribution in [0, 0.1) is 6.92 Å². The number of halogens is 1. The second-order valence-electron chi connectivity index (χ2n) is 8.17. The van der Waals surface area contributed by atoms with E-state index in [4.69, 9.17) is 16.3 Å². The maximum Gasteiger partial charge on any atom is 0.174 e. The van der Waals surface area contributed by atoms with Crippen LogP contribution in [0.1, 0.15) is 41.3 Å². The zero-order valence-corrected chi connectivity index (χ0v) is 19.2. The number of hydrogen-bond acceptors (Lipinski definition) is 5.